The summed E-state index contributed by atoms with van der Waals surface area (Å²) in [6, 6.07) is 7.63. The molecule has 1 N–H and O–H groups in total. The van der Waals surface area contributed by atoms with E-state index in [0.29, 0.717) is 12.3 Å². The molecule has 0 saturated heterocycles. The second-order valence-electron chi connectivity index (χ2n) is 4.46. The van der Waals surface area contributed by atoms with Crippen molar-refractivity contribution in [3.63, 3.8) is 0 Å². The normalized spacial score (nSPS) is 10.3. The predicted molar refractivity (Wildman–Crippen MR) is 81.1 cm³/mol. The summed E-state index contributed by atoms with van der Waals surface area (Å²) in [4.78, 5) is 15.9. The summed E-state index contributed by atoms with van der Waals surface area (Å²) in [6.07, 6.45) is 0.924. The number of hydrogen-bond donors (Lipinski definition) is 1. The van der Waals surface area contributed by atoms with Gasteiger partial charge in [0.2, 0.25) is 0 Å². The Morgan fingerprint density at radius 3 is 2.70 bits per heavy atom. The number of aryl methyl sites for hydroxylation is 1. The van der Waals surface area contributed by atoms with Gasteiger partial charge >= 0.3 is 0 Å². The Balaban J connectivity index is 1.90. The zero-order valence-corrected chi connectivity index (χ0v) is 12.5. The molecule has 1 aromatic heterocycles. The lowest BCUT2D eigenvalue weighted by Gasteiger charge is -2.07. The van der Waals surface area contributed by atoms with E-state index in [1.165, 1.54) is 0 Å². The van der Waals surface area contributed by atoms with Gasteiger partial charge in [0.05, 0.1) is 0 Å². The van der Waals surface area contributed by atoms with Crippen LogP contribution in [0, 0.1) is 6.92 Å². The number of rotatable bonds is 6. The van der Waals surface area contributed by atoms with Gasteiger partial charge in [0.25, 0.3) is 5.91 Å². The van der Waals surface area contributed by atoms with Crippen molar-refractivity contribution in [1.29, 1.82) is 0 Å². The van der Waals surface area contributed by atoms with Crippen molar-refractivity contribution in [2.45, 2.75) is 20.3 Å². The van der Waals surface area contributed by atoms with Crippen LogP contribution < -0.4 is 10.1 Å². The summed E-state index contributed by atoms with van der Waals surface area (Å²) in [5.74, 6) is 0.597. The number of amides is 1. The molecule has 1 amide bonds. The van der Waals surface area contributed by atoms with E-state index in [-0.39, 0.29) is 12.5 Å². The van der Waals surface area contributed by atoms with Crippen LogP contribution in [0.2, 0.25) is 0 Å². The zero-order chi connectivity index (χ0) is 14.4. The maximum atomic E-state index is 11.4. The first-order valence-electron chi connectivity index (χ1n) is 6.61. The average Bonchev–Trinajstić information content (AvgIpc) is 2.90. The maximum absolute atomic E-state index is 11.4. The summed E-state index contributed by atoms with van der Waals surface area (Å²) >= 11 is 1.62. The Kier molecular flexibility index (Phi) is 5.12. The number of hydrogen-bond acceptors (Lipinski definition) is 4. The van der Waals surface area contributed by atoms with Crippen LogP contribution in [0.15, 0.2) is 29.6 Å². The minimum Gasteiger partial charge on any atom is -0.484 e. The number of aromatic nitrogens is 1. The Labute approximate surface area is 122 Å². The second-order valence-corrected chi connectivity index (χ2v) is 5.32. The van der Waals surface area contributed by atoms with Gasteiger partial charge in [0, 0.05) is 23.2 Å². The molecule has 5 heteroatoms. The Morgan fingerprint density at radius 2 is 2.10 bits per heavy atom. The molecule has 106 valence electrons. The Hall–Kier alpha value is -1.88. The van der Waals surface area contributed by atoms with E-state index in [1.54, 1.807) is 11.3 Å². The summed E-state index contributed by atoms with van der Waals surface area (Å²) in [7, 11) is 0. The van der Waals surface area contributed by atoms with Crippen LogP contribution in [0.5, 0.6) is 5.75 Å². The molecule has 0 bridgehead atoms. The minimum atomic E-state index is -0.0912. The Bertz CT molecular complexity index is 564. The topological polar surface area (TPSA) is 51.2 Å². The fraction of sp³-hybridized carbons (Fsp3) is 0.333. The number of carbonyl (C=O) groups excluding carboxylic acids is 1. The van der Waals surface area contributed by atoms with Crippen molar-refractivity contribution in [1.82, 2.24) is 10.3 Å². The molecule has 2 rings (SSSR count). The van der Waals surface area contributed by atoms with E-state index in [4.69, 9.17) is 4.74 Å². The number of thiazole rings is 1. The standard InChI is InChI=1S/C15H18N2O2S/c1-3-8-16-14(18)9-19-13-6-4-12(5-7-13)15-17-11(2)10-20-15/h4-7,10H,3,8-9H2,1-2H3,(H,16,18). The first kappa shape index (κ1) is 14.5. The number of carbonyl (C=O) groups is 1. The first-order chi connectivity index (χ1) is 9.69. The van der Waals surface area contributed by atoms with Gasteiger partial charge in [0.1, 0.15) is 10.8 Å². The fourth-order valence-electron chi connectivity index (χ4n) is 1.64. The SMILES string of the molecule is CCCNC(=O)COc1ccc(-c2nc(C)cs2)cc1. The highest BCUT2D eigenvalue weighted by molar-refractivity contribution is 7.13. The van der Waals surface area contributed by atoms with Gasteiger partial charge < -0.3 is 10.1 Å². The molecule has 20 heavy (non-hydrogen) atoms. The number of ether oxygens (including phenoxy) is 1. The van der Waals surface area contributed by atoms with Gasteiger partial charge in [-0.3, -0.25) is 4.79 Å². The van der Waals surface area contributed by atoms with Gasteiger partial charge in [-0.2, -0.15) is 0 Å². The molecule has 0 aliphatic carbocycles. The Morgan fingerprint density at radius 1 is 1.35 bits per heavy atom. The summed E-state index contributed by atoms with van der Waals surface area (Å²) in [5, 5.41) is 5.79. The summed E-state index contributed by atoms with van der Waals surface area (Å²) in [5.41, 5.74) is 2.09. The van der Waals surface area contributed by atoms with E-state index < -0.39 is 0 Å². The van der Waals surface area contributed by atoms with Crippen molar-refractivity contribution >= 4 is 17.2 Å². The molecule has 4 nitrogen and oxygen atoms in total. The smallest absolute Gasteiger partial charge is 0.257 e. The molecular formula is C15H18N2O2S. The molecule has 0 saturated carbocycles. The molecule has 0 aliphatic heterocycles. The van der Waals surface area contributed by atoms with Gasteiger partial charge in [-0.15, -0.1) is 11.3 Å². The predicted octanol–water partition coefficient (Wildman–Crippen LogP) is 3.02. The van der Waals surface area contributed by atoms with Crippen LogP contribution >= 0.6 is 11.3 Å². The lowest BCUT2D eigenvalue weighted by molar-refractivity contribution is -0.123. The van der Waals surface area contributed by atoms with Gasteiger partial charge in [-0.05, 0) is 37.6 Å². The number of nitrogens with zero attached hydrogens (tertiary/aromatic N) is 1. The lowest BCUT2D eigenvalue weighted by atomic mass is 10.2. The third-order valence-electron chi connectivity index (χ3n) is 2.66. The van der Waals surface area contributed by atoms with Crippen LogP contribution in [-0.2, 0) is 4.79 Å². The third kappa shape index (κ3) is 4.06. The monoisotopic (exact) mass is 290 g/mol. The molecule has 0 fully saturated rings. The molecule has 0 radical (unpaired) electrons. The van der Waals surface area contributed by atoms with E-state index in [0.717, 1.165) is 22.7 Å². The van der Waals surface area contributed by atoms with Crippen LogP contribution in [0.25, 0.3) is 10.6 Å². The first-order valence-corrected chi connectivity index (χ1v) is 7.49. The average molecular weight is 290 g/mol. The molecule has 0 atom stereocenters. The van der Waals surface area contributed by atoms with Crippen molar-refractivity contribution in [3.05, 3.63) is 35.3 Å². The van der Waals surface area contributed by atoms with E-state index in [9.17, 15) is 4.79 Å². The third-order valence-corrected chi connectivity index (χ3v) is 3.67. The van der Waals surface area contributed by atoms with E-state index in [2.05, 4.69) is 10.3 Å². The molecule has 1 heterocycles. The molecule has 0 unspecified atom stereocenters. The van der Waals surface area contributed by atoms with Gasteiger partial charge in [-0.25, -0.2) is 4.98 Å². The van der Waals surface area contributed by atoms with Crippen LogP contribution in [0.3, 0.4) is 0 Å². The van der Waals surface area contributed by atoms with Crippen molar-refractivity contribution in [2.75, 3.05) is 13.2 Å². The van der Waals surface area contributed by atoms with Crippen LogP contribution in [-0.4, -0.2) is 24.0 Å². The van der Waals surface area contributed by atoms with Crippen molar-refractivity contribution < 1.29 is 9.53 Å². The quantitative estimate of drug-likeness (QED) is 0.889. The number of benzene rings is 1. The van der Waals surface area contributed by atoms with E-state index in [1.807, 2.05) is 43.5 Å². The summed E-state index contributed by atoms with van der Waals surface area (Å²) in [6.45, 7) is 4.73. The fourth-order valence-corrected chi connectivity index (χ4v) is 2.45. The molecular weight excluding hydrogens is 272 g/mol. The highest BCUT2D eigenvalue weighted by atomic mass is 32.1. The molecule has 0 aliphatic rings. The number of nitrogens with one attached hydrogen (secondary N) is 1. The lowest BCUT2D eigenvalue weighted by Crippen LogP contribution is -2.29. The zero-order valence-electron chi connectivity index (χ0n) is 11.7. The summed E-state index contributed by atoms with van der Waals surface area (Å²) < 4.78 is 5.43. The van der Waals surface area contributed by atoms with Gasteiger partial charge in [0.15, 0.2) is 6.61 Å². The minimum absolute atomic E-state index is 0.0513. The van der Waals surface area contributed by atoms with Crippen molar-refractivity contribution in [2.24, 2.45) is 0 Å². The van der Waals surface area contributed by atoms with Gasteiger partial charge in [-0.1, -0.05) is 6.92 Å². The molecule has 1 aromatic carbocycles. The highest BCUT2D eigenvalue weighted by Gasteiger charge is 2.04. The largest absolute Gasteiger partial charge is 0.484 e. The van der Waals surface area contributed by atoms with Crippen molar-refractivity contribution in [3.8, 4) is 16.3 Å². The van der Waals surface area contributed by atoms with Crippen LogP contribution in [0.1, 0.15) is 19.0 Å². The molecule has 0 spiro atoms. The second kappa shape index (κ2) is 7.05. The highest BCUT2D eigenvalue weighted by Crippen LogP contribution is 2.25. The van der Waals surface area contributed by atoms with Crippen LogP contribution in [0.4, 0.5) is 0 Å². The van der Waals surface area contributed by atoms with E-state index >= 15 is 0 Å². The molecule has 2 aromatic rings. The maximum Gasteiger partial charge on any atom is 0.257 e.